The van der Waals surface area contributed by atoms with Gasteiger partial charge in [0, 0.05) is 22.9 Å². The minimum absolute atomic E-state index is 0.221. The summed E-state index contributed by atoms with van der Waals surface area (Å²) in [7, 11) is 0. The first-order chi connectivity index (χ1) is 10.6. The number of cyclic esters (lactones) is 1. The molecule has 1 aromatic heterocycles. The maximum atomic E-state index is 11.8. The van der Waals surface area contributed by atoms with E-state index in [9.17, 15) is 4.79 Å². The number of ether oxygens (including phenoxy) is 1. The van der Waals surface area contributed by atoms with Crippen molar-refractivity contribution in [2.75, 3.05) is 0 Å². The van der Waals surface area contributed by atoms with E-state index in [4.69, 9.17) is 32.4 Å². The molecule has 0 unspecified atom stereocenters. The van der Waals surface area contributed by atoms with Crippen molar-refractivity contribution in [3.63, 3.8) is 0 Å². The summed E-state index contributed by atoms with van der Waals surface area (Å²) in [5.41, 5.74) is 0.882. The molecule has 4 nitrogen and oxygen atoms in total. The van der Waals surface area contributed by atoms with Crippen LogP contribution in [0.4, 0.5) is 0 Å². The van der Waals surface area contributed by atoms with Gasteiger partial charge in [-0.2, -0.15) is 0 Å². The van der Waals surface area contributed by atoms with Gasteiger partial charge in [0.25, 0.3) is 0 Å². The van der Waals surface area contributed by atoms with E-state index in [2.05, 4.69) is 4.99 Å². The third-order valence-electron chi connectivity index (χ3n) is 3.08. The fourth-order valence-electron chi connectivity index (χ4n) is 2.01. The van der Waals surface area contributed by atoms with Crippen molar-refractivity contribution >= 4 is 41.1 Å². The monoisotopic (exact) mass is 335 g/mol. The highest BCUT2D eigenvalue weighted by Gasteiger charge is 2.23. The van der Waals surface area contributed by atoms with E-state index in [1.165, 1.54) is 0 Å². The molecular weight excluding hydrogens is 325 g/mol. The van der Waals surface area contributed by atoms with Crippen molar-refractivity contribution in [1.82, 2.24) is 0 Å². The van der Waals surface area contributed by atoms with E-state index in [0.29, 0.717) is 34.3 Å². The fourth-order valence-corrected chi connectivity index (χ4v) is 2.47. The zero-order chi connectivity index (χ0) is 15.5. The lowest BCUT2D eigenvalue weighted by molar-refractivity contribution is -0.130. The van der Waals surface area contributed by atoms with Crippen molar-refractivity contribution in [1.29, 1.82) is 0 Å². The molecule has 0 amide bonds. The van der Waals surface area contributed by atoms with Crippen LogP contribution in [-0.2, 0) is 16.0 Å². The predicted octanol–water partition coefficient (Wildman–Crippen LogP) is 4.52. The van der Waals surface area contributed by atoms with E-state index in [1.54, 1.807) is 30.5 Å². The van der Waals surface area contributed by atoms with Gasteiger partial charge < -0.3 is 9.15 Å². The van der Waals surface area contributed by atoms with Gasteiger partial charge in [-0.15, -0.1) is 0 Å². The molecule has 0 bridgehead atoms. The van der Waals surface area contributed by atoms with Gasteiger partial charge in [0.15, 0.2) is 11.6 Å². The molecule has 2 heterocycles. The van der Waals surface area contributed by atoms with E-state index in [-0.39, 0.29) is 5.70 Å². The van der Waals surface area contributed by atoms with Crippen LogP contribution < -0.4 is 0 Å². The van der Waals surface area contributed by atoms with Crippen LogP contribution in [0.2, 0.25) is 10.0 Å². The summed E-state index contributed by atoms with van der Waals surface area (Å²) in [4.78, 5) is 16.0. The Labute approximate surface area is 137 Å². The summed E-state index contributed by atoms with van der Waals surface area (Å²) in [5, 5.41) is 0.982. The third kappa shape index (κ3) is 3.40. The second-order valence-corrected chi connectivity index (χ2v) is 5.51. The topological polar surface area (TPSA) is 51.8 Å². The molecule has 2 aromatic rings. The molecular formula is C16H11Cl2NO3. The molecule has 3 rings (SSSR count). The Morgan fingerprint density at radius 1 is 1.18 bits per heavy atom. The average Bonchev–Trinajstić information content (AvgIpc) is 3.10. The van der Waals surface area contributed by atoms with Crippen LogP contribution in [-0.4, -0.2) is 11.9 Å². The van der Waals surface area contributed by atoms with E-state index in [1.807, 2.05) is 12.1 Å². The maximum Gasteiger partial charge on any atom is 0.363 e. The first-order valence-electron chi connectivity index (χ1n) is 6.61. The zero-order valence-corrected chi connectivity index (χ0v) is 12.9. The van der Waals surface area contributed by atoms with Crippen LogP contribution >= 0.6 is 23.2 Å². The maximum absolute atomic E-state index is 11.8. The quantitative estimate of drug-likeness (QED) is 0.609. The summed E-state index contributed by atoms with van der Waals surface area (Å²) >= 11 is 11.9. The Hall–Kier alpha value is -2.04. The van der Waals surface area contributed by atoms with Gasteiger partial charge in [-0.1, -0.05) is 29.3 Å². The third-order valence-corrected chi connectivity index (χ3v) is 3.65. The second kappa shape index (κ2) is 6.38. The number of esters is 1. The van der Waals surface area contributed by atoms with Crippen LogP contribution in [0.15, 0.2) is 51.7 Å². The molecule has 112 valence electrons. The van der Waals surface area contributed by atoms with E-state index >= 15 is 0 Å². The molecule has 0 N–H and O–H groups in total. The number of rotatable bonds is 4. The lowest BCUT2D eigenvalue weighted by Crippen LogP contribution is -2.04. The minimum Gasteiger partial charge on any atom is -0.469 e. The van der Waals surface area contributed by atoms with Crippen molar-refractivity contribution in [2.24, 2.45) is 4.99 Å². The number of hydrogen-bond donors (Lipinski definition) is 0. The van der Waals surface area contributed by atoms with Gasteiger partial charge in [0.2, 0.25) is 0 Å². The molecule has 0 aliphatic carbocycles. The van der Waals surface area contributed by atoms with Crippen molar-refractivity contribution in [2.45, 2.75) is 12.8 Å². The molecule has 0 radical (unpaired) electrons. The second-order valence-electron chi connectivity index (χ2n) is 4.67. The van der Waals surface area contributed by atoms with Crippen molar-refractivity contribution < 1.29 is 13.9 Å². The molecule has 0 fully saturated rings. The molecule has 0 atom stereocenters. The standard InChI is InChI=1S/C16H11Cl2NO3/c17-11-4-3-10(13(18)9-11)8-14-16(20)22-15(19-14)6-5-12-2-1-7-21-12/h1-4,7-9H,5-6H2/b14-8-. The van der Waals surface area contributed by atoms with Gasteiger partial charge in [-0.25, -0.2) is 9.79 Å². The summed E-state index contributed by atoms with van der Waals surface area (Å²) in [5.74, 6) is 0.704. The first kappa shape index (κ1) is 14.9. The summed E-state index contributed by atoms with van der Waals surface area (Å²) in [6.45, 7) is 0. The predicted molar refractivity (Wildman–Crippen MR) is 85.0 cm³/mol. The Bertz CT molecular complexity index is 764. The number of aliphatic imine (C=N–C) groups is 1. The molecule has 6 heteroatoms. The number of carbonyl (C=O) groups is 1. The minimum atomic E-state index is -0.486. The summed E-state index contributed by atoms with van der Waals surface area (Å²) in [6, 6.07) is 8.70. The van der Waals surface area contributed by atoms with Crippen molar-refractivity contribution in [3.05, 3.63) is 63.7 Å². The molecule has 1 aromatic carbocycles. The van der Waals surface area contributed by atoms with Crippen LogP contribution in [0.1, 0.15) is 17.7 Å². The highest BCUT2D eigenvalue weighted by Crippen LogP contribution is 2.25. The largest absolute Gasteiger partial charge is 0.469 e. The van der Waals surface area contributed by atoms with Crippen LogP contribution in [0.5, 0.6) is 0 Å². The fraction of sp³-hybridized carbons (Fsp3) is 0.125. The number of halogens is 2. The van der Waals surface area contributed by atoms with Gasteiger partial charge in [-0.3, -0.25) is 0 Å². The SMILES string of the molecule is O=C1OC(CCc2ccco2)=N/C1=C\c1ccc(Cl)cc1Cl. The van der Waals surface area contributed by atoms with Gasteiger partial charge in [-0.05, 0) is 35.9 Å². The number of carbonyl (C=O) groups excluding carboxylic acids is 1. The normalized spacial score (nSPS) is 16.0. The summed E-state index contributed by atoms with van der Waals surface area (Å²) in [6.07, 6.45) is 4.30. The molecule has 0 saturated heterocycles. The molecule has 1 aliphatic heterocycles. The molecule has 0 spiro atoms. The lowest BCUT2D eigenvalue weighted by Gasteiger charge is -1.98. The summed E-state index contributed by atoms with van der Waals surface area (Å²) < 4.78 is 10.4. The first-order valence-corrected chi connectivity index (χ1v) is 7.36. The highest BCUT2D eigenvalue weighted by molar-refractivity contribution is 6.35. The van der Waals surface area contributed by atoms with Gasteiger partial charge in [0.05, 0.1) is 6.26 Å². The van der Waals surface area contributed by atoms with Gasteiger partial charge >= 0.3 is 5.97 Å². The van der Waals surface area contributed by atoms with Crippen LogP contribution in [0.3, 0.4) is 0 Å². The van der Waals surface area contributed by atoms with Crippen LogP contribution in [0, 0.1) is 0 Å². The van der Waals surface area contributed by atoms with E-state index < -0.39 is 5.97 Å². The lowest BCUT2D eigenvalue weighted by atomic mass is 10.2. The number of hydrogen-bond acceptors (Lipinski definition) is 4. The number of benzene rings is 1. The smallest absolute Gasteiger partial charge is 0.363 e. The Morgan fingerprint density at radius 2 is 2.05 bits per heavy atom. The molecule has 22 heavy (non-hydrogen) atoms. The molecule has 0 saturated carbocycles. The van der Waals surface area contributed by atoms with Crippen LogP contribution in [0.25, 0.3) is 6.08 Å². The number of furan rings is 1. The Balaban J connectivity index is 1.75. The molecule has 1 aliphatic rings. The van der Waals surface area contributed by atoms with E-state index in [0.717, 1.165) is 5.76 Å². The highest BCUT2D eigenvalue weighted by atomic mass is 35.5. The zero-order valence-electron chi connectivity index (χ0n) is 11.4. The van der Waals surface area contributed by atoms with Crippen molar-refractivity contribution in [3.8, 4) is 0 Å². The average molecular weight is 336 g/mol. The number of aryl methyl sites for hydroxylation is 1. The number of nitrogens with zero attached hydrogens (tertiary/aromatic N) is 1. The van der Waals surface area contributed by atoms with Gasteiger partial charge in [0.1, 0.15) is 5.76 Å². The Morgan fingerprint density at radius 3 is 2.77 bits per heavy atom. The Kier molecular flexibility index (Phi) is 4.32.